The zero-order chi connectivity index (χ0) is 29.8. The molecule has 0 aliphatic carbocycles. The van der Waals surface area contributed by atoms with Gasteiger partial charge >= 0.3 is 0 Å². The number of para-hydroxylation sites is 1. The molecule has 4 bridgehead atoms. The maximum atomic E-state index is 13.6. The van der Waals surface area contributed by atoms with Crippen molar-refractivity contribution in [3.63, 3.8) is 0 Å². The van der Waals surface area contributed by atoms with Crippen LogP contribution in [0, 0.1) is 0 Å². The molecule has 0 unspecified atom stereocenters. The molecular formula is C32H34N4O7. The van der Waals surface area contributed by atoms with Crippen LogP contribution in [0.4, 0.5) is 0 Å². The van der Waals surface area contributed by atoms with E-state index in [0.717, 1.165) is 16.9 Å². The first-order valence-electron chi connectivity index (χ1n) is 14.3. The van der Waals surface area contributed by atoms with Crippen molar-refractivity contribution < 1.29 is 33.3 Å². The molecule has 2 N–H and O–H groups in total. The molecule has 4 aliphatic heterocycles. The second kappa shape index (κ2) is 12.6. The Morgan fingerprint density at radius 1 is 1.00 bits per heavy atom. The number of rotatable bonds is 3. The predicted octanol–water partition coefficient (Wildman–Crippen LogP) is 1.99. The second-order valence-electron chi connectivity index (χ2n) is 10.8. The highest BCUT2D eigenvalue weighted by Gasteiger charge is 2.38. The SMILES string of the molecule is COc1ccc2cc1OCC(=O)NCc1ccc(cc1)O[C@H]1CN(C(=O)CN3CCOc4ccccc4C3)C[C@@H]1NC2=O. The number of likely N-dealkylation sites (tertiary alicyclic amines) is 1. The fourth-order valence-corrected chi connectivity index (χ4v) is 5.48. The molecule has 11 heteroatoms. The normalized spacial score (nSPS) is 20.6. The first-order valence-corrected chi connectivity index (χ1v) is 14.3. The van der Waals surface area contributed by atoms with Gasteiger partial charge in [0, 0.05) is 37.3 Å². The van der Waals surface area contributed by atoms with Gasteiger partial charge in [-0.25, -0.2) is 0 Å². The van der Waals surface area contributed by atoms with E-state index in [9.17, 15) is 14.4 Å². The van der Waals surface area contributed by atoms with Crippen LogP contribution >= 0.6 is 0 Å². The van der Waals surface area contributed by atoms with E-state index in [1.165, 1.54) is 7.11 Å². The summed E-state index contributed by atoms with van der Waals surface area (Å²) >= 11 is 0. The summed E-state index contributed by atoms with van der Waals surface area (Å²) in [4.78, 5) is 43.2. The van der Waals surface area contributed by atoms with Crippen molar-refractivity contribution in [1.29, 1.82) is 0 Å². The largest absolute Gasteiger partial charge is 0.493 e. The van der Waals surface area contributed by atoms with Crippen molar-refractivity contribution in [3.8, 4) is 23.0 Å². The van der Waals surface area contributed by atoms with Gasteiger partial charge in [-0.05, 0) is 42.0 Å². The Hall–Kier alpha value is -4.77. The van der Waals surface area contributed by atoms with Crippen molar-refractivity contribution in [1.82, 2.24) is 20.4 Å². The van der Waals surface area contributed by atoms with E-state index in [1.807, 2.05) is 48.5 Å². The molecule has 4 aliphatic rings. The Kier molecular flexibility index (Phi) is 8.32. The third-order valence-corrected chi connectivity index (χ3v) is 7.81. The van der Waals surface area contributed by atoms with E-state index < -0.39 is 12.1 Å². The molecule has 3 aromatic rings. The zero-order valence-corrected chi connectivity index (χ0v) is 23.9. The lowest BCUT2D eigenvalue weighted by Crippen LogP contribution is -2.45. The molecule has 43 heavy (non-hydrogen) atoms. The van der Waals surface area contributed by atoms with E-state index >= 15 is 0 Å². The van der Waals surface area contributed by atoms with E-state index in [-0.39, 0.29) is 36.6 Å². The molecular weight excluding hydrogens is 552 g/mol. The Morgan fingerprint density at radius 2 is 1.84 bits per heavy atom. The Balaban J connectivity index is 1.22. The van der Waals surface area contributed by atoms with Crippen molar-refractivity contribution in [2.45, 2.75) is 25.2 Å². The van der Waals surface area contributed by atoms with Crippen LogP contribution in [0.3, 0.4) is 0 Å². The van der Waals surface area contributed by atoms with Crippen LogP contribution in [0.2, 0.25) is 0 Å². The molecule has 1 saturated heterocycles. The van der Waals surface area contributed by atoms with Gasteiger partial charge in [-0.2, -0.15) is 0 Å². The molecule has 11 nitrogen and oxygen atoms in total. The third kappa shape index (κ3) is 6.67. The van der Waals surface area contributed by atoms with Gasteiger partial charge in [0.15, 0.2) is 18.1 Å². The summed E-state index contributed by atoms with van der Waals surface area (Å²) in [5, 5.41) is 5.89. The van der Waals surface area contributed by atoms with Crippen LogP contribution < -0.4 is 29.6 Å². The number of benzene rings is 3. The number of hydrogen-bond donors (Lipinski definition) is 2. The number of nitrogens with one attached hydrogen (secondary N) is 2. The molecule has 0 aromatic heterocycles. The van der Waals surface area contributed by atoms with Gasteiger partial charge in [-0.3, -0.25) is 19.3 Å². The van der Waals surface area contributed by atoms with Gasteiger partial charge in [-0.1, -0.05) is 30.3 Å². The number of fused-ring (bicyclic) bond motifs is 8. The predicted molar refractivity (Wildman–Crippen MR) is 156 cm³/mol. The maximum absolute atomic E-state index is 13.6. The average Bonchev–Trinajstić information content (AvgIpc) is 3.29. The third-order valence-electron chi connectivity index (χ3n) is 7.81. The number of carbonyl (C=O) groups is 3. The topological polar surface area (TPSA) is 119 Å². The lowest BCUT2D eigenvalue weighted by Gasteiger charge is -2.23. The molecule has 1 fully saturated rings. The van der Waals surface area contributed by atoms with Gasteiger partial charge < -0.3 is 34.5 Å². The number of amides is 3. The van der Waals surface area contributed by atoms with Crippen LogP contribution in [0.1, 0.15) is 21.5 Å². The van der Waals surface area contributed by atoms with Crippen molar-refractivity contribution in [2.75, 3.05) is 46.5 Å². The number of nitrogens with zero attached hydrogens (tertiary/aromatic N) is 2. The fourth-order valence-electron chi connectivity index (χ4n) is 5.48. The molecule has 7 rings (SSSR count). The number of hydrogen-bond acceptors (Lipinski definition) is 8. The minimum atomic E-state index is -0.476. The first-order chi connectivity index (χ1) is 20.9. The minimum Gasteiger partial charge on any atom is -0.493 e. The number of ether oxygens (including phenoxy) is 4. The highest BCUT2D eigenvalue weighted by Crippen LogP contribution is 2.29. The van der Waals surface area contributed by atoms with Crippen molar-refractivity contribution in [2.24, 2.45) is 0 Å². The highest BCUT2D eigenvalue weighted by molar-refractivity contribution is 5.95. The van der Waals surface area contributed by atoms with E-state index in [1.54, 1.807) is 23.1 Å². The summed E-state index contributed by atoms with van der Waals surface area (Å²) in [6.07, 6.45) is -0.476. The molecule has 224 valence electrons. The standard InChI is InChI=1S/C32H34N4O7/c1-40-27-11-8-22-14-28(27)42-20-30(37)33-15-21-6-9-24(10-7-21)43-29-18-36(17-25(29)34-32(22)39)31(38)19-35-12-13-41-26-5-3-2-4-23(26)16-35/h2-11,14,25,29H,12-13,15-20H2,1H3,(H,33,37)(H,34,39)/t25-,29-/m0/s1. The van der Waals surface area contributed by atoms with Crippen LogP contribution in [0.25, 0.3) is 0 Å². The molecule has 3 aromatic carbocycles. The summed E-state index contributed by atoms with van der Waals surface area (Å²) in [6, 6.07) is 19.6. The zero-order valence-electron chi connectivity index (χ0n) is 23.9. The number of carbonyl (C=O) groups excluding carboxylic acids is 3. The summed E-state index contributed by atoms with van der Waals surface area (Å²) in [5.74, 6) is 1.42. The van der Waals surface area contributed by atoms with Crippen LogP contribution in [0.15, 0.2) is 66.7 Å². The Bertz CT molecular complexity index is 1500. The Labute approximate surface area is 249 Å². The van der Waals surface area contributed by atoms with E-state index in [0.29, 0.717) is 56.4 Å². The second-order valence-corrected chi connectivity index (χ2v) is 10.8. The van der Waals surface area contributed by atoms with E-state index in [2.05, 4.69) is 15.5 Å². The molecule has 0 radical (unpaired) electrons. The van der Waals surface area contributed by atoms with Gasteiger partial charge in [-0.15, -0.1) is 0 Å². The van der Waals surface area contributed by atoms with Crippen molar-refractivity contribution >= 4 is 17.7 Å². The molecule has 4 heterocycles. The summed E-state index contributed by atoms with van der Waals surface area (Å²) < 4.78 is 23.3. The smallest absolute Gasteiger partial charge is 0.258 e. The van der Waals surface area contributed by atoms with E-state index in [4.69, 9.17) is 18.9 Å². The molecule has 2 atom stereocenters. The molecule has 0 spiro atoms. The van der Waals surface area contributed by atoms with Gasteiger partial charge in [0.05, 0.1) is 26.2 Å². The van der Waals surface area contributed by atoms with Gasteiger partial charge in [0.2, 0.25) is 5.91 Å². The summed E-state index contributed by atoms with van der Waals surface area (Å²) in [7, 11) is 1.49. The van der Waals surface area contributed by atoms with Crippen LogP contribution in [-0.4, -0.2) is 86.2 Å². The average molecular weight is 587 g/mol. The fraction of sp³-hybridized carbons (Fsp3) is 0.344. The van der Waals surface area contributed by atoms with Crippen LogP contribution in [-0.2, 0) is 22.7 Å². The highest BCUT2D eigenvalue weighted by atomic mass is 16.5. The monoisotopic (exact) mass is 586 g/mol. The van der Waals surface area contributed by atoms with Crippen molar-refractivity contribution in [3.05, 3.63) is 83.4 Å². The minimum absolute atomic E-state index is 0.0434. The lowest BCUT2D eigenvalue weighted by atomic mass is 10.1. The quantitative estimate of drug-likeness (QED) is 0.479. The summed E-state index contributed by atoms with van der Waals surface area (Å²) in [6.45, 7) is 2.67. The first kappa shape index (κ1) is 28.4. The van der Waals surface area contributed by atoms with Crippen LogP contribution in [0.5, 0.6) is 23.0 Å². The summed E-state index contributed by atoms with van der Waals surface area (Å²) in [5.41, 5.74) is 2.27. The molecule has 3 amide bonds. The Morgan fingerprint density at radius 3 is 2.67 bits per heavy atom. The number of methoxy groups -OCH3 is 1. The van der Waals surface area contributed by atoms with Gasteiger partial charge in [0.1, 0.15) is 24.2 Å². The van der Waals surface area contributed by atoms with Gasteiger partial charge in [0.25, 0.3) is 11.8 Å². The molecule has 0 saturated carbocycles. The lowest BCUT2D eigenvalue weighted by molar-refractivity contribution is -0.131. The maximum Gasteiger partial charge on any atom is 0.258 e.